The van der Waals surface area contributed by atoms with Gasteiger partial charge in [-0.2, -0.15) is 0 Å². The lowest BCUT2D eigenvalue weighted by molar-refractivity contribution is 0.201. The Labute approximate surface area is 165 Å². The number of hydrogen-bond acceptors (Lipinski definition) is 5. The van der Waals surface area contributed by atoms with Crippen molar-refractivity contribution in [2.75, 3.05) is 26.3 Å². The van der Waals surface area contributed by atoms with Crippen molar-refractivity contribution in [1.82, 2.24) is 9.62 Å². The Morgan fingerprint density at radius 3 is 2.71 bits per heavy atom. The molecule has 0 saturated carbocycles. The highest BCUT2D eigenvalue weighted by Crippen LogP contribution is 2.20. The van der Waals surface area contributed by atoms with Crippen LogP contribution in [0.25, 0.3) is 0 Å². The summed E-state index contributed by atoms with van der Waals surface area (Å²) in [6.07, 6.45) is 0.700. The Balaban J connectivity index is 1.57. The van der Waals surface area contributed by atoms with Crippen molar-refractivity contribution in [1.29, 1.82) is 0 Å². The summed E-state index contributed by atoms with van der Waals surface area (Å²) in [5.41, 5.74) is 1.62. The molecule has 0 unspecified atom stereocenters. The van der Waals surface area contributed by atoms with E-state index < -0.39 is 15.8 Å². The van der Waals surface area contributed by atoms with E-state index in [1.807, 2.05) is 24.3 Å². The van der Waals surface area contributed by atoms with Gasteiger partial charge in [-0.3, -0.25) is 4.90 Å². The van der Waals surface area contributed by atoms with E-state index in [0.29, 0.717) is 30.8 Å². The smallest absolute Gasteiger partial charge is 0.241 e. The maximum atomic E-state index is 13.5. The quantitative estimate of drug-likeness (QED) is 0.699. The van der Waals surface area contributed by atoms with Gasteiger partial charge in [0.2, 0.25) is 10.0 Å². The Bertz CT molecular complexity index is 903. The summed E-state index contributed by atoms with van der Waals surface area (Å²) in [4.78, 5) is 2.17. The predicted octanol–water partition coefficient (Wildman–Crippen LogP) is 2.06. The molecule has 152 valence electrons. The maximum Gasteiger partial charge on any atom is 0.241 e. The highest BCUT2D eigenvalue weighted by Gasteiger charge is 2.28. The van der Waals surface area contributed by atoms with Gasteiger partial charge in [-0.1, -0.05) is 18.2 Å². The lowest BCUT2D eigenvalue weighted by atomic mass is 10.2. The second-order valence-corrected chi connectivity index (χ2v) is 8.65. The van der Waals surface area contributed by atoms with Crippen LogP contribution in [0.5, 0.6) is 5.75 Å². The van der Waals surface area contributed by atoms with Crippen molar-refractivity contribution in [2.45, 2.75) is 30.8 Å². The molecule has 0 spiro atoms. The summed E-state index contributed by atoms with van der Waals surface area (Å²) >= 11 is 0. The Morgan fingerprint density at radius 1 is 1.25 bits per heavy atom. The number of aliphatic hydroxyl groups is 1. The van der Waals surface area contributed by atoms with E-state index in [-0.39, 0.29) is 24.2 Å². The second kappa shape index (κ2) is 9.00. The summed E-state index contributed by atoms with van der Waals surface area (Å²) in [7, 11) is -3.76. The number of sulfonamides is 1. The highest BCUT2D eigenvalue weighted by molar-refractivity contribution is 7.89. The van der Waals surface area contributed by atoms with Crippen molar-refractivity contribution in [3.8, 4) is 5.75 Å². The summed E-state index contributed by atoms with van der Waals surface area (Å²) in [5.74, 6) is 0.140. The lowest BCUT2D eigenvalue weighted by Gasteiger charge is -2.17. The van der Waals surface area contributed by atoms with Crippen LogP contribution < -0.4 is 9.46 Å². The number of halogens is 1. The minimum atomic E-state index is -3.76. The predicted molar refractivity (Wildman–Crippen MR) is 104 cm³/mol. The van der Waals surface area contributed by atoms with Crippen molar-refractivity contribution < 1.29 is 22.7 Å². The van der Waals surface area contributed by atoms with E-state index >= 15 is 0 Å². The molecule has 1 atom stereocenters. The Kier molecular flexibility index (Phi) is 6.66. The molecular formula is C20H25FN2O4S. The fourth-order valence-corrected chi connectivity index (χ4v) is 4.85. The molecule has 1 fully saturated rings. The molecule has 2 aromatic rings. The Hall–Kier alpha value is -2.00. The van der Waals surface area contributed by atoms with Gasteiger partial charge in [-0.05, 0) is 48.7 Å². The molecule has 0 aliphatic carbocycles. The van der Waals surface area contributed by atoms with Gasteiger partial charge in [0, 0.05) is 25.7 Å². The van der Waals surface area contributed by atoms with Gasteiger partial charge in [0.1, 0.15) is 18.2 Å². The number of nitrogens with zero attached hydrogens (tertiary/aromatic N) is 1. The van der Waals surface area contributed by atoms with E-state index in [2.05, 4.69) is 9.62 Å². The number of aryl methyl sites for hydroxylation is 1. The van der Waals surface area contributed by atoms with Crippen LogP contribution in [0.4, 0.5) is 4.39 Å². The van der Waals surface area contributed by atoms with Crippen LogP contribution in [-0.2, 0) is 16.6 Å². The number of aliphatic hydroxyl groups excluding tert-OH is 1. The molecule has 2 aromatic carbocycles. The van der Waals surface area contributed by atoms with E-state index in [9.17, 15) is 12.8 Å². The molecule has 2 N–H and O–H groups in total. The summed E-state index contributed by atoms with van der Waals surface area (Å²) in [6.45, 7) is 3.97. The summed E-state index contributed by atoms with van der Waals surface area (Å²) in [5, 5.41) is 8.78. The molecule has 0 radical (unpaired) electrons. The molecule has 1 aliphatic rings. The molecular weight excluding hydrogens is 383 g/mol. The maximum absolute atomic E-state index is 13.5. The monoisotopic (exact) mass is 408 g/mol. The van der Waals surface area contributed by atoms with Gasteiger partial charge < -0.3 is 9.84 Å². The normalized spacial score (nSPS) is 17.8. The first-order valence-electron chi connectivity index (χ1n) is 9.21. The molecule has 0 amide bonds. The number of rotatable bonds is 8. The van der Waals surface area contributed by atoms with Gasteiger partial charge in [-0.25, -0.2) is 17.5 Å². The van der Waals surface area contributed by atoms with Crippen LogP contribution in [0.3, 0.4) is 0 Å². The van der Waals surface area contributed by atoms with Crippen LogP contribution in [0.2, 0.25) is 0 Å². The summed E-state index contributed by atoms with van der Waals surface area (Å²) in [6, 6.07) is 11.2. The fraction of sp³-hybridized carbons (Fsp3) is 0.400. The first kappa shape index (κ1) is 20.7. The number of ether oxygens (including phenoxy) is 1. The van der Waals surface area contributed by atoms with Gasteiger partial charge in [0.05, 0.1) is 11.5 Å². The van der Waals surface area contributed by atoms with Crippen LogP contribution in [-0.4, -0.2) is 50.8 Å². The molecule has 1 aliphatic heterocycles. The van der Waals surface area contributed by atoms with Crippen LogP contribution in [0.15, 0.2) is 47.4 Å². The Morgan fingerprint density at radius 2 is 2.00 bits per heavy atom. The molecule has 8 heteroatoms. The second-order valence-electron chi connectivity index (χ2n) is 6.97. The van der Waals surface area contributed by atoms with Gasteiger partial charge in [0.25, 0.3) is 0 Å². The van der Waals surface area contributed by atoms with E-state index in [1.54, 1.807) is 6.92 Å². The van der Waals surface area contributed by atoms with Crippen molar-refractivity contribution in [3.05, 3.63) is 59.4 Å². The standard InChI is InChI=1S/C20H25FN2O4S/c1-15-2-5-17(21)12-20(15)28(25,26)22-18-8-9-23(14-18)13-16-3-6-19(7-4-16)27-11-10-24/h2-7,12,18,22,24H,8-11,13-14H2,1H3/t18-/m1/s1. The average molecular weight is 408 g/mol. The SMILES string of the molecule is Cc1ccc(F)cc1S(=O)(=O)N[C@@H]1CCN(Cc2ccc(OCCO)cc2)C1. The van der Waals surface area contributed by atoms with E-state index in [1.165, 1.54) is 12.1 Å². The topological polar surface area (TPSA) is 78.9 Å². The first-order chi connectivity index (χ1) is 13.4. The van der Waals surface area contributed by atoms with Gasteiger partial charge in [0.15, 0.2) is 0 Å². The van der Waals surface area contributed by atoms with Crippen LogP contribution >= 0.6 is 0 Å². The van der Waals surface area contributed by atoms with Gasteiger partial charge >= 0.3 is 0 Å². The van der Waals surface area contributed by atoms with Gasteiger partial charge in [-0.15, -0.1) is 0 Å². The van der Waals surface area contributed by atoms with Crippen molar-refractivity contribution in [3.63, 3.8) is 0 Å². The number of nitrogens with one attached hydrogen (secondary N) is 1. The first-order valence-corrected chi connectivity index (χ1v) is 10.7. The molecule has 28 heavy (non-hydrogen) atoms. The third-order valence-electron chi connectivity index (χ3n) is 4.72. The molecule has 0 bridgehead atoms. The third-order valence-corrected chi connectivity index (χ3v) is 6.39. The third kappa shape index (κ3) is 5.29. The molecule has 6 nitrogen and oxygen atoms in total. The largest absolute Gasteiger partial charge is 0.491 e. The lowest BCUT2D eigenvalue weighted by Crippen LogP contribution is -2.37. The average Bonchev–Trinajstić information content (AvgIpc) is 3.09. The zero-order chi connectivity index (χ0) is 20.1. The number of benzene rings is 2. The molecule has 1 heterocycles. The molecule has 3 rings (SSSR count). The summed E-state index contributed by atoms with van der Waals surface area (Å²) < 4.78 is 46.8. The number of hydrogen-bond donors (Lipinski definition) is 2. The fourth-order valence-electron chi connectivity index (χ4n) is 3.33. The van der Waals surface area contributed by atoms with E-state index in [0.717, 1.165) is 18.2 Å². The minimum absolute atomic E-state index is 0.00980. The van der Waals surface area contributed by atoms with Crippen molar-refractivity contribution in [2.24, 2.45) is 0 Å². The van der Waals surface area contributed by atoms with E-state index in [4.69, 9.17) is 9.84 Å². The highest BCUT2D eigenvalue weighted by atomic mass is 32.2. The molecule has 0 aromatic heterocycles. The van der Waals surface area contributed by atoms with Crippen LogP contribution in [0.1, 0.15) is 17.5 Å². The number of likely N-dealkylation sites (tertiary alicyclic amines) is 1. The van der Waals surface area contributed by atoms with Crippen molar-refractivity contribution >= 4 is 10.0 Å². The molecule has 1 saturated heterocycles. The minimum Gasteiger partial charge on any atom is -0.491 e. The zero-order valence-corrected chi connectivity index (χ0v) is 16.6. The zero-order valence-electron chi connectivity index (χ0n) is 15.8. The van der Waals surface area contributed by atoms with Crippen LogP contribution in [0, 0.1) is 12.7 Å².